The normalized spacial score (nSPS) is 18.2. The number of amides is 1. The molecule has 1 fully saturated rings. The van der Waals surface area contributed by atoms with E-state index in [9.17, 15) is 24.9 Å². The number of phenols is 2. The lowest BCUT2D eigenvalue weighted by atomic mass is 9.95. The fourth-order valence-corrected chi connectivity index (χ4v) is 3.42. The number of carbonyl (C=O) groups is 2. The lowest BCUT2D eigenvalue weighted by Gasteiger charge is -2.26. The zero-order chi connectivity index (χ0) is 20.5. The SMILES string of the molecule is O=C1C(=O)N(c2ccccc2O)C(c2cccc(O)c2)/C1=C(/O)c1ccncc1. The van der Waals surface area contributed by atoms with Gasteiger partial charge in [-0.2, -0.15) is 0 Å². The standard InChI is InChI=1S/C22H16N2O5/c25-15-5-3-4-14(12-15)19-18(20(27)13-8-10-23-11-9-13)21(28)22(29)24(19)16-6-1-2-7-17(16)26/h1-12,19,25-27H/b20-18-. The number of hydrogen-bond donors (Lipinski definition) is 3. The maximum atomic E-state index is 12.9. The maximum Gasteiger partial charge on any atom is 0.300 e. The van der Waals surface area contributed by atoms with Crippen LogP contribution in [0.3, 0.4) is 0 Å². The van der Waals surface area contributed by atoms with E-state index in [4.69, 9.17) is 0 Å². The number of anilines is 1. The van der Waals surface area contributed by atoms with Crippen LogP contribution in [-0.4, -0.2) is 32.0 Å². The molecule has 144 valence electrons. The van der Waals surface area contributed by atoms with Crippen molar-refractivity contribution >= 4 is 23.1 Å². The van der Waals surface area contributed by atoms with E-state index in [0.717, 1.165) is 4.90 Å². The zero-order valence-electron chi connectivity index (χ0n) is 15.1. The predicted molar refractivity (Wildman–Crippen MR) is 105 cm³/mol. The molecule has 0 spiro atoms. The monoisotopic (exact) mass is 388 g/mol. The summed E-state index contributed by atoms with van der Waals surface area (Å²) in [6.45, 7) is 0. The van der Waals surface area contributed by atoms with Crippen molar-refractivity contribution in [3.8, 4) is 11.5 Å². The molecule has 3 N–H and O–H groups in total. The second-order valence-electron chi connectivity index (χ2n) is 6.49. The number of aliphatic hydroxyl groups is 1. The minimum absolute atomic E-state index is 0.0608. The quantitative estimate of drug-likeness (QED) is 0.361. The van der Waals surface area contributed by atoms with Gasteiger partial charge in [-0.05, 0) is 42.0 Å². The van der Waals surface area contributed by atoms with Gasteiger partial charge in [-0.15, -0.1) is 0 Å². The fourth-order valence-electron chi connectivity index (χ4n) is 3.42. The van der Waals surface area contributed by atoms with Crippen molar-refractivity contribution in [3.63, 3.8) is 0 Å². The molecule has 0 aliphatic carbocycles. The van der Waals surface area contributed by atoms with Gasteiger partial charge in [0.25, 0.3) is 11.7 Å². The number of phenolic OH excluding ortho intramolecular Hbond substituents is 2. The first kappa shape index (κ1) is 18.2. The van der Waals surface area contributed by atoms with Crippen LogP contribution in [0, 0.1) is 0 Å². The van der Waals surface area contributed by atoms with Crippen molar-refractivity contribution in [1.29, 1.82) is 0 Å². The minimum atomic E-state index is -1.04. The van der Waals surface area contributed by atoms with E-state index in [2.05, 4.69) is 4.98 Å². The molecule has 2 aromatic carbocycles. The molecule has 1 aliphatic rings. The third-order valence-electron chi connectivity index (χ3n) is 4.73. The number of para-hydroxylation sites is 2. The highest BCUT2D eigenvalue weighted by Crippen LogP contribution is 2.44. The summed E-state index contributed by atoms with van der Waals surface area (Å²) in [4.78, 5) is 30.8. The largest absolute Gasteiger partial charge is 0.508 e. The van der Waals surface area contributed by atoms with Crippen LogP contribution in [-0.2, 0) is 9.59 Å². The van der Waals surface area contributed by atoms with Crippen LogP contribution in [0.15, 0.2) is 78.6 Å². The lowest BCUT2D eigenvalue weighted by Crippen LogP contribution is -2.29. The van der Waals surface area contributed by atoms with Crippen molar-refractivity contribution in [2.75, 3.05) is 4.90 Å². The number of aromatic nitrogens is 1. The third kappa shape index (κ3) is 3.08. The number of aliphatic hydroxyl groups excluding tert-OH is 1. The highest BCUT2D eigenvalue weighted by atomic mass is 16.3. The van der Waals surface area contributed by atoms with E-state index in [-0.39, 0.29) is 28.5 Å². The van der Waals surface area contributed by atoms with E-state index in [1.165, 1.54) is 48.8 Å². The van der Waals surface area contributed by atoms with Crippen molar-refractivity contribution < 1.29 is 24.9 Å². The fraction of sp³-hybridized carbons (Fsp3) is 0.0455. The Hall–Kier alpha value is -4.13. The number of Topliss-reactive ketones (excluding diaryl/α,β-unsaturated/α-hetero) is 1. The highest BCUT2D eigenvalue weighted by molar-refractivity contribution is 6.51. The number of ketones is 1. The Morgan fingerprint density at radius 2 is 1.66 bits per heavy atom. The predicted octanol–water partition coefficient (Wildman–Crippen LogP) is 3.12. The van der Waals surface area contributed by atoms with Crippen molar-refractivity contribution in [2.45, 2.75) is 6.04 Å². The minimum Gasteiger partial charge on any atom is -0.508 e. The molecule has 3 aromatic rings. The molecule has 0 saturated carbocycles. The van der Waals surface area contributed by atoms with E-state index in [1.54, 1.807) is 24.3 Å². The van der Waals surface area contributed by atoms with E-state index in [1.807, 2.05) is 0 Å². The molecule has 29 heavy (non-hydrogen) atoms. The molecule has 1 aliphatic heterocycles. The Balaban J connectivity index is 1.99. The number of pyridine rings is 1. The van der Waals surface area contributed by atoms with Crippen molar-refractivity contribution in [3.05, 3.63) is 89.8 Å². The summed E-state index contributed by atoms with van der Waals surface area (Å²) in [6.07, 6.45) is 2.91. The van der Waals surface area contributed by atoms with Gasteiger partial charge in [-0.25, -0.2) is 0 Å². The van der Waals surface area contributed by atoms with Crippen LogP contribution in [0.25, 0.3) is 5.76 Å². The second kappa shape index (κ2) is 7.12. The van der Waals surface area contributed by atoms with Gasteiger partial charge in [0.2, 0.25) is 0 Å². The summed E-state index contributed by atoms with van der Waals surface area (Å²) >= 11 is 0. The highest BCUT2D eigenvalue weighted by Gasteiger charge is 2.47. The van der Waals surface area contributed by atoms with Crippen molar-refractivity contribution in [2.24, 2.45) is 0 Å². The zero-order valence-corrected chi connectivity index (χ0v) is 15.1. The van der Waals surface area contributed by atoms with Crippen LogP contribution >= 0.6 is 0 Å². The Morgan fingerprint density at radius 1 is 0.931 bits per heavy atom. The van der Waals surface area contributed by atoms with Gasteiger partial charge in [0, 0.05) is 18.0 Å². The molecule has 1 atom stereocenters. The molecular formula is C22H16N2O5. The molecule has 4 rings (SSSR count). The first-order valence-electron chi connectivity index (χ1n) is 8.77. The van der Waals surface area contributed by atoms with Crippen molar-refractivity contribution in [1.82, 2.24) is 4.98 Å². The topological polar surface area (TPSA) is 111 Å². The summed E-state index contributed by atoms with van der Waals surface area (Å²) in [6, 6.07) is 14.2. The van der Waals surface area contributed by atoms with Gasteiger partial charge in [0.1, 0.15) is 17.3 Å². The third-order valence-corrected chi connectivity index (χ3v) is 4.73. The Bertz CT molecular complexity index is 1140. The number of benzene rings is 2. The Kier molecular flexibility index (Phi) is 4.48. The average Bonchev–Trinajstić information content (AvgIpc) is 2.99. The van der Waals surface area contributed by atoms with Gasteiger partial charge < -0.3 is 15.3 Å². The Morgan fingerprint density at radius 3 is 2.34 bits per heavy atom. The smallest absolute Gasteiger partial charge is 0.300 e. The number of carbonyl (C=O) groups excluding carboxylic acids is 2. The molecular weight excluding hydrogens is 372 g/mol. The van der Waals surface area contributed by atoms with Gasteiger partial charge in [-0.1, -0.05) is 24.3 Å². The van der Waals surface area contributed by atoms with Crippen LogP contribution in [0.4, 0.5) is 5.69 Å². The van der Waals surface area contributed by atoms with Crippen LogP contribution in [0.1, 0.15) is 17.2 Å². The number of aromatic hydroxyl groups is 2. The summed E-state index contributed by atoms with van der Waals surface area (Å²) in [7, 11) is 0. The van der Waals surface area contributed by atoms with Gasteiger partial charge >= 0.3 is 0 Å². The molecule has 1 amide bonds. The second-order valence-corrected chi connectivity index (χ2v) is 6.49. The summed E-state index contributed by atoms with van der Waals surface area (Å²) < 4.78 is 0. The number of nitrogens with zero attached hydrogens (tertiary/aromatic N) is 2. The maximum absolute atomic E-state index is 12.9. The van der Waals surface area contributed by atoms with Crippen LogP contribution in [0.5, 0.6) is 11.5 Å². The lowest BCUT2D eigenvalue weighted by molar-refractivity contribution is -0.132. The molecule has 2 heterocycles. The number of rotatable bonds is 3. The first-order valence-corrected chi connectivity index (χ1v) is 8.77. The Labute approximate surface area is 165 Å². The van der Waals surface area contributed by atoms with Crippen LogP contribution in [0.2, 0.25) is 0 Å². The van der Waals surface area contributed by atoms with E-state index < -0.39 is 17.7 Å². The van der Waals surface area contributed by atoms with Gasteiger partial charge in [0.05, 0.1) is 17.3 Å². The molecule has 7 heteroatoms. The number of hydrogen-bond acceptors (Lipinski definition) is 6. The van der Waals surface area contributed by atoms with E-state index >= 15 is 0 Å². The molecule has 1 saturated heterocycles. The van der Waals surface area contributed by atoms with E-state index in [0.29, 0.717) is 11.1 Å². The summed E-state index contributed by atoms with van der Waals surface area (Å²) in [5.74, 6) is -2.40. The van der Waals surface area contributed by atoms with Gasteiger partial charge in [0.15, 0.2) is 0 Å². The molecule has 1 aromatic heterocycles. The van der Waals surface area contributed by atoms with Gasteiger partial charge in [-0.3, -0.25) is 19.5 Å². The molecule has 0 radical (unpaired) electrons. The average molecular weight is 388 g/mol. The molecule has 0 bridgehead atoms. The first-order chi connectivity index (χ1) is 14.0. The summed E-state index contributed by atoms with van der Waals surface area (Å²) in [5.41, 5.74) is 0.704. The molecule has 7 nitrogen and oxygen atoms in total. The molecule has 1 unspecified atom stereocenters. The summed E-state index contributed by atoms with van der Waals surface area (Å²) in [5, 5.41) is 31.1. The van der Waals surface area contributed by atoms with Crippen LogP contribution < -0.4 is 4.90 Å².